The molecule has 2 nitrogen and oxygen atoms in total. The van der Waals surface area contributed by atoms with E-state index in [4.69, 9.17) is 4.74 Å². The molecule has 0 radical (unpaired) electrons. The highest BCUT2D eigenvalue weighted by Crippen LogP contribution is 2.18. The van der Waals surface area contributed by atoms with Crippen LogP contribution in [0.1, 0.15) is 0 Å². The van der Waals surface area contributed by atoms with Crippen molar-refractivity contribution in [1.82, 2.24) is 5.32 Å². The zero-order valence-corrected chi connectivity index (χ0v) is 5.51. The van der Waals surface area contributed by atoms with Gasteiger partial charge >= 0.3 is 0 Å². The third kappa shape index (κ3) is 1.53. The van der Waals surface area contributed by atoms with Crippen molar-refractivity contribution in [3.05, 3.63) is 0 Å². The summed E-state index contributed by atoms with van der Waals surface area (Å²) < 4.78 is 4.51. The number of rotatable bonds is 0. The van der Waals surface area contributed by atoms with E-state index in [9.17, 15) is 0 Å². The molecule has 4 heteroatoms. The first-order valence-electron chi connectivity index (χ1n) is 1.98. The van der Waals surface area contributed by atoms with Crippen LogP contribution in [0.4, 0.5) is 0 Å². The molecule has 1 aliphatic rings. The van der Waals surface area contributed by atoms with Gasteiger partial charge in [0.2, 0.25) is 0 Å². The molecule has 0 aromatic carbocycles. The molecule has 0 amide bonds. The van der Waals surface area contributed by atoms with E-state index in [1.165, 1.54) is 0 Å². The molecule has 1 aliphatic heterocycles. The van der Waals surface area contributed by atoms with E-state index in [2.05, 4.69) is 30.6 Å². The summed E-state index contributed by atoms with van der Waals surface area (Å²) in [5.74, 6) is 0. The Labute approximate surface area is 53.4 Å². The molecule has 0 aromatic rings. The van der Waals surface area contributed by atoms with Crippen LogP contribution in [0.3, 0.4) is 0 Å². The molecule has 1 fully saturated rings. The average molecular weight is 137 g/mol. The molecule has 0 unspecified atom stereocenters. The van der Waals surface area contributed by atoms with E-state index in [1.54, 1.807) is 0 Å². The highest BCUT2D eigenvalue weighted by atomic mass is 32.2. The van der Waals surface area contributed by atoms with E-state index in [0.717, 1.165) is 0 Å². The van der Waals surface area contributed by atoms with Crippen molar-refractivity contribution in [2.75, 3.05) is 13.3 Å². The maximum absolute atomic E-state index is 4.90. The Balaban J connectivity index is 2.40. The van der Waals surface area contributed by atoms with Crippen LogP contribution >= 0.6 is 25.3 Å². The third-order valence-electron chi connectivity index (χ3n) is 0.761. The second-order valence-electron chi connectivity index (χ2n) is 1.49. The number of hydrogen-bond acceptors (Lipinski definition) is 4. The summed E-state index contributed by atoms with van der Waals surface area (Å²) in [6.07, 6.45) is 0. The summed E-state index contributed by atoms with van der Waals surface area (Å²) in [6, 6.07) is 0. The lowest BCUT2D eigenvalue weighted by Crippen LogP contribution is -2.28. The van der Waals surface area contributed by atoms with Gasteiger partial charge < -0.3 is 4.74 Å². The van der Waals surface area contributed by atoms with Crippen LogP contribution in [0, 0.1) is 0 Å². The van der Waals surface area contributed by atoms with E-state index in [1.807, 2.05) is 0 Å². The lowest BCUT2D eigenvalue weighted by atomic mass is 10.7. The van der Waals surface area contributed by atoms with Crippen LogP contribution < -0.4 is 5.32 Å². The Bertz CT molecular complexity index is 67.3. The van der Waals surface area contributed by atoms with E-state index in [0.29, 0.717) is 13.3 Å². The zero-order chi connectivity index (χ0) is 5.33. The Morgan fingerprint density at radius 2 is 2.29 bits per heavy atom. The fraction of sp³-hybridized carbons (Fsp3) is 1.00. The Hall–Kier alpha value is 0.620. The highest BCUT2D eigenvalue weighted by Gasteiger charge is 2.24. The summed E-state index contributed by atoms with van der Waals surface area (Å²) in [5.41, 5.74) is 0. The van der Waals surface area contributed by atoms with Crippen molar-refractivity contribution >= 4 is 25.3 Å². The normalized spacial score (nSPS) is 28.3. The molecule has 1 saturated heterocycles. The van der Waals surface area contributed by atoms with Crippen LogP contribution in [0.15, 0.2) is 0 Å². The van der Waals surface area contributed by atoms with Gasteiger partial charge in [-0.1, -0.05) is 0 Å². The second-order valence-corrected chi connectivity index (χ2v) is 3.37. The maximum atomic E-state index is 4.90. The van der Waals surface area contributed by atoms with Crippen molar-refractivity contribution in [2.24, 2.45) is 0 Å². The first-order chi connectivity index (χ1) is 3.21. The van der Waals surface area contributed by atoms with Crippen molar-refractivity contribution in [3.63, 3.8) is 0 Å². The molecule has 0 atom stereocenters. The minimum absolute atomic E-state index is 0.389. The third-order valence-corrected chi connectivity index (χ3v) is 1.34. The molecular formula is C3H7NOS2. The van der Waals surface area contributed by atoms with Gasteiger partial charge in [-0.3, -0.25) is 5.32 Å². The molecule has 0 saturated carbocycles. The molecule has 0 bridgehead atoms. The van der Waals surface area contributed by atoms with Crippen LogP contribution in [0.25, 0.3) is 0 Å². The van der Waals surface area contributed by atoms with Gasteiger partial charge in [-0.25, -0.2) is 0 Å². The number of ether oxygens (including phenoxy) is 1. The first-order valence-corrected chi connectivity index (χ1v) is 2.88. The summed E-state index contributed by atoms with van der Waals surface area (Å²) in [4.78, 5) is 0. The van der Waals surface area contributed by atoms with Crippen molar-refractivity contribution in [1.29, 1.82) is 0 Å². The maximum Gasteiger partial charge on any atom is 0.131 e. The van der Waals surface area contributed by atoms with Crippen molar-refractivity contribution in [3.8, 4) is 0 Å². The minimum Gasteiger partial charge on any atom is -0.363 e. The molecule has 0 aliphatic carbocycles. The van der Waals surface area contributed by atoms with Crippen LogP contribution in [-0.4, -0.2) is 17.5 Å². The van der Waals surface area contributed by atoms with Crippen LogP contribution in [0.2, 0.25) is 0 Å². The Morgan fingerprint density at radius 1 is 1.57 bits per heavy atom. The molecule has 1 rings (SSSR count). The van der Waals surface area contributed by atoms with Gasteiger partial charge in [0, 0.05) is 0 Å². The fourth-order valence-electron chi connectivity index (χ4n) is 0.411. The second kappa shape index (κ2) is 1.85. The average Bonchev–Trinajstić information content (AvgIpc) is 1.84. The van der Waals surface area contributed by atoms with Gasteiger partial charge in [0.1, 0.15) is 4.20 Å². The standard InChI is InChI=1S/C3H7NOS2/c6-3(7)1-5-2-4-3/h4,6-7H,1-2H2. The lowest BCUT2D eigenvalue weighted by Gasteiger charge is -2.10. The predicted molar refractivity (Wildman–Crippen MR) is 34.7 cm³/mol. The highest BCUT2D eigenvalue weighted by molar-refractivity contribution is 8.00. The Kier molecular flexibility index (Phi) is 1.52. The molecule has 1 N–H and O–H groups in total. The minimum atomic E-state index is -0.389. The van der Waals surface area contributed by atoms with Crippen LogP contribution in [0.5, 0.6) is 0 Å². The quantitative estimate of drug-likeness (QED) is 0.325. The monoisotopic (exact) mass is 137 g/mol. The first kappa shape index (κ1) is 5.75. The molecule has 7 heavy (non-hydrogen) atoms. The van der Waals surface area contributed by atoms with E-state index >= 15 is 0 Å². The molecule has 1 heterocycles. The van der Waals surface area contributed by atoms with E-state index < -0.39 is 0 Å². The lowest BCUT2D eigenvalue weighted by molar-refractivity contribution is 0.192. The SMILES string of the molecule is SC1(S)COCN1. The summed E-state index contributed by atoms with van der Waals surface area (Å²) in [5, 5.41) is 2.90. The van der Waals surface area contributed by atoms with Crippen molar-refractivity contribution < 1.29 is 4.74 Å². The summed E-state index contributed by atoms with van der Waals surface area (Å²) in [7, 11) is 0. The molecule has 42 valence electrons. The molecule has 0 spiro atoms. The van der Waals surface area contributed by atoms with Gasteiger partial charge in [0.25, 0.3) is 0 Å². The zero-order valence-electron chi connectivity index (χ0n) is 3.72. The molecule has 0 aromatic heterocycles. The largest absolute Gasteiger partial charge is 0.363 e. The topological polar surface area (TPSA) is 21.3 Å². The number of hydrogen-bond donors (Lipinski definition) is 3. The molecular weight excluding hydrogens is 130 g/mol. The summed E-state index contributed by atoms with van der Waals surface area (Å²) >= 11 is 8.15. The van der Waals surface area contributed by atoms with Gasteiger partial charge in [-0.2, -0.15) is 0 Å². The summed E-state index contributed by atoms with van der Waals surface area (Å²) in [6.45, 7) is 1.13. The number of thiol groups is 2. The van der Waals surface area contributed by atoms with Gasteiger partial charge in [0.15, 0.2) is 0 Å². The van der Waals surface area contributed by atoms with Gasteiger partial charge in [-0.15, -0.1) is 25.3 Å². The van der Waals surface area contributed by atoms with Gasteiger partial charge in [0.05, 0.1) is 13.3 Å². The predicted octanol–water partition coefficient (Wildman–Crippen LogP) is 0.0771. The van der Waals surface area contributed by atoms with E-state index in [-0.39, 0.29) is 4.20 Å². The van der Waals surface area contributed by atoms with Crippen LogP contribution in [-0.2, 0) is 4.74 Å². The van der Waals surface area contributed by atoms with Crippen molar-refractivity contribution in [2.45, 2.75) is 4.20 Å². The smallest absolute Gasteiger partial charge is 0.131 e. The fourth-order valence-corrected chi connectivity index (χ4v) is 0.723. The van der Waals surface area contributed by atoms with Gasteiger partial charge in [-0.05, 0) is 0 Å². The Morgan fingerprint density at radius 3 is 2.43 bits per heavy atom. The number of nitrogens with one attached hydrogen (secondary N) is 1.